The molecule has 2 aromatic carbocycles. The molecule has 5 heteroatoms. The predicted octanol–water partition coefficient (Wildman–Crippen LogP) is 5.03. The molecule has 0 radical (unpaired) electrons. The van der Waals surface area contributed by atoms with Gasteiger partial charge in [0.2, 0.25) is 5.78 Å². The maximum atomic E-state index is 13.5. The zero-order valence-corrected chi connectivity index (χ0v) is 17.3. The zero-order chi connectivity index (χ0) is 21.4. The third-order valence-corrected chi connectivity index (χ3v) is 6.81. The zero-order valence-electron chi connectivity index (χ0n) is 17.3. The average Bonchev–Trinajstić information content (AvgIpc) is 3.21. The fraction of sp³-hybridized carbons (Fsp3) is 0.346. The van der Waals surface area contributed by atoms with E-state index >= 15 is 0 Å². The van der Waals surface area contributed by atoms with Crippen LogP contribution in [0.1, 0.15) is 54.1 Å². The molecular weight excluding hydrogens is 390 g/mol. The number of nitrogens with one attached hydrogen (secondary N) is 1. The van der Waals surface area contributed by atoms with Crippen molar-refractivity contribution in [3.05, 3.63) is 71.9 Å². The molecule has 2 aliphatic rings. The topological polar surface area (TPSA) is 76.2 Å². The second-order valence-corrected chi connectivity index (χ2v) is 8.74. The summed E-state index contributed by atoms with van der Waals surface area (Å²) in [5, 5.41) is 0.808. The summed E-state index contributed by atoms with van der Waals surface area (Å²) in [5.74, 6) is -0.704. The average molecular weight is 415 g/mol. The molecule has 4 atom stereocenters. The number of fused-ring (bicyclic) bond motifs is 3. The van der Waals surface area contributed by atoms with Crippen LogP contribution in [-0.4, -0.2) is 22.5 Å². The van der Waals surface area contributed by atoms with E-state index in [1.807, 2.05) is 54.6 Å². The van der Waals surface area contributed by atoms with Crippen molar-refractivity contribution in [2.45, 2.75) is 38.2 Å². The molecule has 2 fully saturated rings. The summed E-state index contributed by atoms with van der Waals surface area (Å²) in [6.07, 6.45) is 4.51. The maximum Gasteiger partial charge on any atom is 0.310 e. The second-order valence-electron chi connectivity index (χ2n) is 8.74. The number of Topliss-reactive ketones (excluding diaryl/α,β-unsaturated/α-hetero) is 2. The molecule has 1 unspecified atom stereocenters. The quantitative estimate of drug-likeness (QED) is 0.468. The van der Waals surface area contributed by atoms with Crippen molar-refractivity contribution in [1.29, 1.82) is 0 Å². The van der Waals surface area contributed by atoms with Gasteiger partial charge in [-0.1, -0.05) is 55.0 Å². The summed E-state index contributed by atoms with van der Waals surface area (Å²) in [6.45, 7) is 0. The number of ether oxygens (including phenoxy) is 1. The summed E-state index contributed by atoms with van der Waals surface area (Å²) < 4.78 is 5.90. The molecule has 0 aliphatic heterocycles. The van der Waals surface area contributed by atoms with Gasteiger partial charge in [0.1, 0.15) is 5.78 Å². The summed E-state index contributed by atoms with van der Waals surface area (Å²) >= 11 is 0. The minimum absolute atomic E-state index is 0.0375. The van der Waals surface area contributed by atoms with Gasteiger partial charge in [0, 0.05) is 40.1 Å². The lowest BCUT2D eigenvalue weighted by atomic mass is 9.67. The molecule has 0 amide bonds. The SMILES string of the molecule is O=C(O[C@H](C(=O)c1c[nH]c2ccccc12)c1ccccc1)C1C[C@H]2CCC[C@@H](C1)C2=O. The highest BCUT2D eigenvalue weighted by Crippen LogP contribution is 2.41. The smallest absolute Gasteiger partial charge is 0.310 e. The predicted molar refractivity (Wildman–Crippen MR) is 116 cm³/mol. The summed E-state index contributed by atoms with van der Waals surface area (Å²) in [6, 6.07) is 16.7. The number of ketones is 2. The number of carbonyl (C=O) groups excluding carboxylic acids is 3. The van der Waals surface area contributed by atoms with Crippen molar-refractivity contribution >= 4 is 28.4 Å². The van der Waals surface area contributed by atoms with Crippen molar-refractivity contribution in [1.82, 2.24) is 4.98 Å². The van der Waals surface area contributed by atoms with Gasteiger partial charge < -0.3 is 9.72 Å². The number of para-hydroxylation sites is 1. The normalized spacial score (nSPS) is 24.0. The highest BCUT2D eigenvalue weighted by atomic mass is 16.5. The highest BCUT2D eigenvalue weighted by Gasteiger charge is 2.43. The first-order chi connectivity index (χ1) is 15.1. The fourth-order valence-corrected chi connectivity index (χ4v) is 5.20. The van der Waals surface area contributed by atoms with E-state index in [2.05, 4.69) is 4.98 Å². The van der Waals surface area contributed by atoms with Crippen molar-refractivity contribution in [2.75, 3.05) is 0 Å². The Kier molecular flexibility index (Phi) is 5.18. The highest BCUT2D eigenvalue weighted by molar-refractivity contribution is 6.10. The van der Waals surface area contributed by atoms with Crippen molar-refractivity contribution in [3.8, 4) is 0 Å². The Morgan fingerprint density at radius 2 is 1.61 bits per heavy atom. The van der Waals surface area contributed by atoms with Crippen molar-refractivity contribution in [2.24, 2.45) is 17.8 Å². The van der Waals surface area contributed by atoms with Gasteiger partial charge in [-0.3, -0.25) is 14.4 Å². The summed E-state index contributed by atoms with van der Waals surface area (Å²) in [7, 11) is 0. The van der Waals surface area contributed by atoms with E-state index in [1.54, 1.807) is 6.20 Å². The molecule has 1 heterocycles. The number of H-pyrrole nitrogens is 1. The number of aromatic nitrogens is 1. The van der Waals surface area contributed by atoms with Crippen LogP contribution in [0.3, 0.4) is 0 Å². The number of carbonyl (C=O) groups is 3. The molecule has 3 aromatic rings. The standard InChI is InChI=1S/C26H25NO4/c28-23-17-9-6-10-18(23)14-19(13-17)26(30)31-25(16-7-2-1-3-8-16)24(29)21-15-27-22-12-5-4-11-20(21)22/h1-5,7-8,11-12,15,17-19,25,27H,6,9-10,13-14H2/t17-,18+,19?,25-/m0/s1. The Bertz CT molecular complexity index is 1120. The summed E-state index contributed by atoms with van der Waals surface area (Å²) in [5.41, 5.74) is 2.02. The molecule has 5 rings (SSSR count). The van der Waals surface area contributed by atoms with E-state index in [0.717, 1.165) is 30.2 Å². The third kappa shape index (κ3) is 3.69. The minimum Gasteiger partial charge on any atom is -0.449 e. The number of hydrogen-bond acceptors (Lipinski definition) is 4. The van der Waals surface area contributed by atoms with Crippen LogP contribution in [0.25, 0.3) is 10.9 Å². The van der Waals surface area contributed by atoms with Gasteiger partial charge in [-0.15, -0.1) is 0 Å². The molecule has 158 valence electrons. The second kappa shape index (κ2) is 8.14. The third-order valence-electron chi connectivity index (χ3n) is 6.81. The van der Waals surface area contributed by atoms with Crippen LogP contribution in [0, 0.1) is 17.8 Å². The van der Waals surface area contributed by atoms with Crippen LogP contribution in [0.5, 0.6) is 0 Å². The van der Waals surface area contributed by atoms with Gasteiger partial charge in [0.25, 0.3) is 0 Å². The van der Waals surface area contributed by atoms with Crippen LogP contribution in [0.2, 0.25) is 0 Å². The van der Waals surface area contributed by atoms with Gasteiger partial charge in [0.05, 0.1) is 5.92 Å². The lowest BCUT2D eigenvalue weighted by Gasteiger charge is -2.36. The van der Waals surface area contributed by atoms with Gasteiger partial charge in [-0.05, 0) is 31.7 Å². The van der Waals surface area contributed by atoms with Crippen LogP contribution in [-0.2, 0) is 14.3 Å². The number of rotatable bonds is 5. The number of hydrogen-bond donors (Lipinski definition) is 1. The molecule has 2 aliphatic carbocycles. The molecule has 1 N–H and O–H groups in total. The number of esters is 1. The molecule has 31 heavy (non-hydrogen) atoms. The van der Waals surface area contributed by atoms with E-state index in [-0.39, 0.29) is 29.5 Å². The molecule has 0 saturated heterocycles. The first-order valence-corrected chi connectivity index (χ1v) is 11.0. The number of benzene rings is 2. The van der Waals surface area contributed by atoms with E-state index in [4.69, 9.17) is 4.74 Å². The molecule has 2 saturated carbocycles. The van der Waals surface area contributed by atoms with E-state index in [9.17, 15) is 14.4 Å². The van der Waals surface area contributed by atoms with Crippen LogP contribution >= 0.6 is 0 Å². The monoisotopic (exact) mass is 415 g/mol. The fourth-order valence-electron chi connectivity index (χ4n) is 5.20. The Morgan fingerprint density at radius 1 is 0.935 bits per heavy atom. The van der Waals surface area contributed by atoms with Gasteiger partial charge >= 0.3 is 5.97 Å². The summed E-state index contributed by atoms with van der Waals surface area (Å²) in [4.78, 5) is 42.2. The molecular formula is C26H25NO4. The Morgan fingerprint density at radius 3 is 2.35 bits per heavy atom. The minimum atomic E-state index is -1.01. The van der Waals surface area contributed by atoms with Crippen molar-refractivity contribution < 1.29 is 19.1 Å². The van der Waals surface area contributed by atoms with Crippen LogP contribution < -0.4 is 0 Å². The van der Waals surface area contributed by atoms with E-state index < -0.39 is 6.10 Å². The number of aromatic amines is 1. The van der Waals surface area contributed by atoms with Gasteiger partial charge in [-0.25, -0.2) is 0 Å². The first kappa shape index (κ1) is 19.7. The van der Waals surface area contributed by atoms with Crippen LogP contribution in [0.15, 0.2) is 60.8 Å². The first-order valence-electron chi connectivity index (χ1n) is 11.0. The van der Waals surface area contributed by atoms with Crippen LogP contribution in [0.4, 0.5) is 0 Å². The Hall–Kier alpha value is -3.21. The maximum absolute atomic E-state index is 13.5. The molecule has 2 bridgehead atoms. The Balaban J connectivity index is 1.43. The Labute approximate surface area is 180 Å². The molecule has 0 spiro atoms. The van der Waals surface area contributed by atoms with Crippen molar-refractivity contribution in [3.63, 3.8) is 0 Å². The van der Waals surface area contributed by atoms with E-state index in [0.29, 0.717) is 29.8 Å². The molecule has 5 nitrogen and oxygen atoms in total. The largest absolute Gasteiger partial charge is 0.449 e. The van der Waals surface area contributed by atoms with Gasteiger partial charge in [0.15, 0.2) is 6.10 Å². The lowest BCUT2D eigenvalue weighted by Crippen LogP contribution is -2.40. The van der Waals surface area contributed by atoms with Gasteiger partial charge in [-0.2, -0.15) is 0 Å². The van der Waals surface area contributed by atoms with E-state index in [1.165, 1.54) is 0 Å². The molecule has 1 aromatic heterocycles. The lowest BCUT2D eigenvalue weighted by molar-refractivity contribution is -0.156.